The Labute approximate surface area is 114 Å². The number of ether oxygens (including phenoxy) is 1. The maximum Gasteiger partial charge on any atom is 0.282 e. The Morgan fingerprint density at radius 3 is 2.63 bits per heavy atom. The first-order valence-corrected chi connectivity index (χ1v) is 7.65. The number of morpholine rings is 1. The summed E-state index contributed by atoms with van der Waals surface area (Å²) in [7, 11) is -1.88. The van der Waals surface area contributed by atoms with E-state index in [4.69, 9.17) is 4.74 Å². The van der Waals surface area contributed by atoms with Gasteiger partial charge < -0.3 is 4.74 Å². The molecule has 0 spiro atoms. The zero-order valence-electron chi connectivity index (χ0n) is 11.2. The Bertz CT molecular complexity index is 500. The van der Waals surface area contributed by atoms with Crippen LogP contribution >= 0.6 is 0 Å². The summed E-state index contributed by atoms with van der Waals surface area (Å²) in [6.07, 6.45) is 1.67. The van der Waals surface area contributed by atoms with Crippen LogP contribution in [-0.4, -0.2) is 55.4 Å². The van der Waals surface area contributed by atoms with E-state index in [2.05, 4.69) is 4.98 Å². The highest BCUT2D eigenvalue weighted by Gasteiger charge is 2.32. The summed E-state index contributed by atoms with van der Waals surface area (Å²) in [5, 5.41) is 0. The molecule has 0 bridgehead atoms. The van der Waals surface area contributed by atoms with E-state index >= 15 is 0 Å². The highest BCUT2D eigenvalue weighted by molar-refractivity contribution is 7.86. The molecule has 2 heterocycles. The second kappa shape index (κ2) is 5.96. The topological polar surface area (TPSA) is 62.7 Å². The first-order chi connectivity index (χ1) is 9.03. The van der Waals surface area contributed by atoms with E-state index in [9.17, 15) is 8.42 Å². The van der Waals surface area contributed by atoms with Gasteiger partial charge in [0.05, 0.1) is 24.9 Å². The summed E-state index contributed by atoms with van der Waals surface area (Å²) >= 11 is 0. The van der Waals surface area contributed by atoms with Crippen LogP contribution in [0.25, 0.3) is 0 Å². The van der Waals surface area contributed by atoms with Crippen molar-refractivity contribution in [1.82, 2.24) is 13.6 Å². The number of hydrogen-bond acceptors (Lipinski definition) is 4. The second-order valence-electron chi connectivity index (χ2n) is 4.47. The third-order valence-electron chi connectivity index (χ3n) is 3.32. The SMILES string of the molecule is CC(c1ccccn1)N(C)S(=O)(=O)N1CCOCC1. The third-order valence-corrected chi connectivity index (χ3v) is 5.38. The summed E-state index contributed by atoms with van der Waals surface area (Å²) in [4.78, 5) is 4.21. The van der Waals surface area contributed by atoms with Gasteiger partial charge in [-0.25, -0.2) is 0 Å². The fourth-order valence-corrected chi connectivity index (χ4v) is 3.45. The molecule has 1 fully saturated rings. The van der Waals surface area contributed by atoms with Gasteiger partial charge in [-0.3, -0.25) is 4.98 Å². The maximum atomic E-state index is 12.5. The van der Waals surface area contributed by atoms with Crippen LogP contribution in [0.4, 0.5) is 0 Å². The molecule has 0 saturated carbocycles. The van der Waals surface area contributed by atoms with Gasteiger partial charge in [0.25, 0.3) is 10.2 Å². The number of hydrogen-bond donors (Lipinski definition) is 0. The van der Waals surface area contributed by atoms with E-state index in [-0.39, 0.29) is 6.04 Å². The van der Waals surface area contributed by atoms with Gasteiger partial charge in [-0.05, 0) is 19.1 Å². The number of rotatable bonds is 4. The molecular formula is C12H19N3O3S. The van der Waals surface area contributed by atoms with Gasteiger partial charge in [-0.15, -0.1) is 0 Å². The summed E-state index contributed by atoms with van der Waals surface area (Å²) in [5.74, 6) is 0. The Morgan fingerprint density at radius 1 is 1.37 bits per heavy atom. The number of nitrogens with zero attached hydrogens (tertiary/aromatic N) is 3. The van der Waals surface area contributed by atoms with Crippen LogP contribution in [0.2, 0.25) is 0 Å². The molecule has 7 heteroatoms. The minimum atomic E-state index is -3.46. The molecule has 19 heavy (non-hydrogen) atoms. The molecular weight excluding hydrogens is 266 g/mol. The van der Waals surface area contributed by atoms with E-state index in [1.54, 1.807) is 13.2 Å². The fourth-order valence-electron chi connectivity index (χ4n) is 1.97. The zero-order valence-corrected chi connectivity index (χ0v) is 12.0. The molecule has 1 unspecified atom stereocenters. The lowest BCUT2D eigenvalue weighted by Crippen LogP contribution is -2.47. The van der Waals surface area contributed by atoms with E-state index < -0.39 is 10.2 Å². The number of aromatic nitrogens is 1. The molecule has 1 aliphatic rings. The van der Waals surface area contributed by atoms with Crippen molar-refractivity contribution in [2.24, 2.45) is 0 Å². The zero-order chi connectivity index (χ0) is 13.9. The van der Waals surface area contributed by atoms with Gasteiger partial charge in [-0.2, -0.15) is 17.0 Å². The molecule has 1 aliphatic heterocycles. The smallest absolute Gasteiger partial charge is 0.282 e. The minimum absolute atomic E-state index is 0.297. The van der Waals surface area contributed by atoms with E-state index in [1.165, 1.54) is 8.61 Å². The van der Waals surface area contributed by atoms with Crippen molar-refractivity contribution in [3.8, 4) is 0 Å². The second-order valence-corrected chi connectivity index (χ2v) is 6.45. The lowest BCUT2D eigenvalue weighted by Gasteiger charge is -2.32. The Balaban J connectivity index is 2.15. The fraction of sp³-hybridized carbons (Fsp3) is 0.583. The van der Waals surface area contributed by atoms with Crippen molar-refractivity contribution in [2.45, 2.75) is 13.0 Å². The summed E-state index contributed by atoms with van der Waals surface area (Å²) < 4.78 is 32.9. The van der Waals surface area contributed by atoms with Crippen molar-refractivity contribution in [2.75, 3.05) is 33.4 Å². The monoisotopic (exact) mass is 285 g/mol. The normalized spacial score (nSPS) is 19.5. The summed E-state index contributed by atoms with van der Waals surface area (Å²) in [6, 6.07) is 5.20. The molecule has 1 aromatic rings. The van der Waals surface area contributed by atoms with Crippen LogP contribution in [0.1, 0.15) is 18.7 Å². The molecule has 0 amide bonds. The van der Waals surface area contributed by atoms with Crippen LogP contribution in [0.15, 0.2) is 24.4 Å². The lowest BCUT2D eigenvalue weighted by atomic mass is 10.2. The molecule has 106 valence electrons. The quantitative estimate of drug-likeness (QED) is 0.815. The van der Waals surface area contributed by atoms with E-state index in [0.29, 0.717) is 26.3 Å². The molecule has 2 rings (SSSR count). The van der Waals surface area contributed by atoms with Crippen molar-refractivity contribution in [1.29, 1.82) is 0 Å². The van der Waals surface area contributed by atoms with Crippen molar-refractivity contribution in [3.63, 3.8) is 0 Å². The van der Waals surface area contributed by atoms with Crippen LogP contribution in [-0.2, 0) is 14.9 Å². The predicted octanol–water partition coefficient (Wildman–Crippen LogP) is 0.651. The highest BCUT2D eigenvalue weighted by atomic mass is 32.2. The van der Waals surface area contributed by atoms with Crippen LogP contribution in [0, 0.1) is 0 Å². The number of pyridine rings is 1. The summed E-state index contributed by atoms with van der Waals surface area (Å²) in [6.45, 7) is 3.54. The van der Waals surface area contributed by atoms with Crippen LogP contribution < -0.4 is 0 Å². The average molecular weight is 285 g/mol. The predicted molar refractivity (Wildman–Crippen MR) is 71.7 cm³/mol. The average Bonchev–Trinajstić information content (AvgIpc) is 2.47. The summed E-state index contributed by atoms with van der Waals surface area (Å²) in [5.41, 5.74) is 0.738. The Morgan fingerprint density at radius 2 is 2.05 bits per heavy atom. The molecule has 1 atom stereocenters. The van der Waals surface area contributed by atoms with E-state index in [1.807, 2.05) is 25.1 Å². The first kappa shape index (κ1) is 14.4. The molecule has 6 nitrogen and oxygen atoms in total. The maximum absolute atomic E-state index is 12.5. The standard InChI is InChI=1S/C12H19N3O3S/c1-11(12-5-3-4-6-13-12)14(2)19(16,17)15-7-9-18-10-8-15/h3-6,11H,7-10H2,1-2H3. The van der Waals surface area contributed by atoms with Gasteiger partial charge in [-0.1, -0.05) is 6.07 Å². The molecule has 1 saturated heterocycles. The Hall–Kier alpha value is -1.02. The molecule has 0 aliphatic carbocycles. The minimum Gasteiger partial charge on any atom is -0.379 e. The van der Waals surface area contributed by atoms with Crippen molar-refractivity contribution < 1.29 is 13.2 Å². The van der Waals surface area contributed by atoms with Gasteiger partial charge in [0.2, 0.25) is 0 Å². The molecule has 0 aromatic carbocycles. The molecule has 0 radical (unpaired) electrons. The van der Waals surface area contributed by atoms with Gasteiger partial charge in [0.15, 0.2) is 0 Å². The largest absolute Gasteiger partial charge is 0.379 e. The molecule has 1 aromatic heterocycles. The third kappa shape index (κ3) is 3.11. The lowest BCUT2D eigenvalue weighted by molar-refractivity contribution is 0.0699. The van der Waals surface area contributed by atoms with Crippen molar-refractivity contribution >= 4 is 10.2 Å². The van der Waals surface area contributed by atoms with Crippen molar-refractivity contribution in [3.05, 3.63) is 30.1 Å². The van der Waals surface area contributed by atoms with Gasteiger partial charge in [0, 0.05) is 26.3 Å². The van der Waals surface area contributed by atoms with E-state index in [0.717, 1.165) is 5.69 Å². The van der Waals surface area contributed by atoms with Crippen LogP contribution in [0.5, 0.6) is 0 Å². The highest BCUT2D eigenvalue weighted by Crippen LogP contribution is 2.21. The Kier molecular flexibility index (Phi) is 4.51. The van der Waals surface area contributed by atoms with Crippen LogP contribution in [0.3, 0.4) is 0 Å². The molecule has 0 N–H and O–H groups in total. The van der Waals surface area contributed by atoms with Gasteiger partial charge in [0.1, 0.15) is 0 Å². The van der Waals surface area contributed by atoms with Gasteiger partial charge >= 0.3 is 0 Å². The first-order valence-electron chi connectivity index (χ1n) is 6.25.